The molecule has 0 aliphatic rings. The zero-order valence-corrected chi connectivity index (χ0v) is 12.0. The van der Waals surface area contributed by atoms with Crippen molar-refractivity contribution in [2.24, 2.45) is 5.73 Å². The third-order valence-corrected chi connectivity index (χ3v) is 3.46. The molecule has 4 heteroatoms. The second kappa shape index (κ2) is 6.70. The molecule has 100 valence electrons. The second-order valence-corrected chi connectivity index (χ2v) is 5.02. The van der Waals surface area contributed by atoms with Crippen molar-refractivity contribution in [3.63, 3.8) is 0 Å². The average molecular weight is 322 g/mol. The van der Waals surface area contributed by atoms with Crippen molar-refractivity contribution in [1.82, 2.24) is 0 Å². The lowest BCUT2D eigenvalue weighted by Gasteiger charge is -2.16. The molecule has 0 fully saturated rings. The Kier molecular flexibility index (Phi) is 4.96. The van der Waals surface area contributed by atoms with E-state index in [4.69, 9.17) is 10.5 Å². The molecule has 3 N–H and O–H groups in total. The number of aliphatic hydroxyl groups is 1. The van der Waals surface area contributed by atoms with Crippen LogP contribution in [-0.4, -0.2) is 11.7 Å². The molecule has 0 saturated carbocycles. The number of halogens is 1. The number of hydrogen-bond donors (Lipinski definition) is 2. The highest BCUT2D eigenvalue weighted by Gasteiger charge is 2.11. The Morgan fingerprint density at radius 1 is 1.11 bits per heavy atom. The van der Waals surface area contributed by atoms with E-state index in [1.54, 1.807) is 0 Å². The summed E-state index contributed by atoms with van der Waals surface area (Å²) in [6, 6.07) is 15.2. The van der Waals surface area contributed by atoms with E-state index in [0.29, 0.717) is 12.3 Å². The smallest absolute Gasteiger partial charge is 0.138 e. The maximum Gasteiger partial charge on any atom is 0.138 e. The average Bonchev–Trinajstić information content (AvgIpc) is 2.46. The molecule has 0 aromatic heterocycles. The highest BCUT2D eigenvalue weighted by atomic mass is 79.9. The van der Waals surface area contributed by atoms with E-state index in [1.807, 2.05) is 48.5 Å². The minimum atomic E-state index is -0.654. The summed E-state index contributed by atoms with van der Waals surface area (Å²) in [5.74, 6) is 0.694. The Hall–Kier alpha value is -1.36. The lowest BCUT2D eigenvalue weighted by molar-refractivity contribution is 0.107. The van der Waals surface area contributed by atoms with E-state index in [-0.39, 0.29) is 6.61 Å². The molecule has 2 rings (SSSR count). The highest BCUT2D eigenvalue weighted by Crippen LogP contribution is 2.29. The van der Waals surface area contributed by atoms with Crippen LogP contribution in [0.2, 0.25) is 0 Å². The lowest BCUT2D eigenvalue weighted by atomic mass is 10.1. The number of nitrogens with two attached hydrogens (primary N) is 1. The molecule has 0 radical (unpaired) electrons. The fourth-order valence-electron chi connectivity index (χ4n) is 1.81. The lowest BCUT2D eigenvalue weighted by Crippen LogP contribution is -2.11. The number of ether oxygens (including phenoxy) is 1. The highest BCUT2D eigenvalue weighted by molar-refractivity contribution is 9.10. The third kappa shape index (κ3) is 3.56. The molecule has 19 heavy (non-hydrogen) atoms. The van der Waals surface area contributed by atoms with Gasteiger partial charge in [0.25, 0.3) is 0 Å². The largest absolute Gasteiger partial charge is 0.489 e. The number of para-hydroxylation sites is 1. The summed E-state index contributed by atoms with van der Waals surface area (Å²) >= 11 is 3.43. The van der Waals surface area contributed by atoms with E-state index in [9.17, 15) is 5.11 Å². The van der Waals surface area contributed by atoms with Gasteiger partial charge >= 0.3 is 0 Å². The SMILES string of the molecule is NCc1cccc(Br)c1OCC(O)c1ccccc1. The molecule has 0 aliphatic carbocycles. The van der Waals surface area contributed by atoms with Gasteiger partial charge in [0.2, 0.25) is 0 Å². The van der Waals surface area contributed by atoms with Crippen LogP contribution in [0.15, 0.2) is 53.0 Å². The van der Waals surface area contributed by atoms with Gasteiger partial charge in [-0.3, -0.25) is 0 Å². The first-order chi connectivity index (χ1) is 9.22. The van der Waals surface area contributed by atoms with E-state index in [1.165, 1.54) is 0 Å². The Labute approximate surface area is 121 Å². The Morgan fingerprint density at radius 2 is 1.84 bits per heavy atom. The summed E-state index contributed by atoms with van der Waals surface area (Å²) in [6.45, 7) is 0.593. The predicted molar refractivity (Wildman–Crippen MR) is 78.9 cm³/mol. The molecule has 2 aromatic rings. The van der Waals surface area contributed by atoms with Gasteiger partial charge in [0.15, 0.2) is 0 Å². The van der Waals surface area contributed by atoms with E-state index in [2.05, 4.69) is 15.9 Å². The first kappa shape index (κ1) is 14.1. The molecule has 0 saturated heterocycles. The minimum absolute atomic E-state index is 0.194. The maximum absolute atomic E-state index is 10.1. The van der Waals surface area contributed by atoms with Gasteiger partial charge in [-0.25, -0.2) is 0 Å². The van der Waals surface area contributed by atoms with Gasteiger partial charge in [-0.15, -0.1) is 0 Å². The molecule has 0 aliphatic heterocycles. The van der Waals surface area contributed by atoms with Gasteiger partial charge < -0.3 is 15.6 Å². The molecule has 0 heterocycles. The summed E-state index contributed by atoms with van der Waals surface area (Å²) in [5.41, 5.74) is 7.42. The van der Waals surface area contributed by atoms with Crippen LogP contribution in [0.4, 0.5) is 0 Å². The number of rotatable bonds is 5. The van der Waals surface area contributed by atoms with Gasteiger partial charge in [0.05, 0.1) is 4.47 Å². The quantitative estimate of drug-likeness (QED) is 0.890. The van der Waals surface area contributed by atoms with Crippen molar-refractivity contribution in [3.05, 3.63) is 64.1 Å². The van der Waals surface area contributed by atoms with Crippen molar-refractivity contribution >= 4 is 15.9 Å². The number of aliphatic hydroxyl groups excluding tert-OH is 1. The molecule has 0 spiro atoms. The van der Waals surface area contributed by atoms with Gasteiger partial charge in [0.1, 0.15) is 18.5 Å². The second-order valence-electron chi connectivity index (χ2n) is 4.17. The van der Waals surface area contributed by atoms with Crippen LogP contribution in [0.5, 0.6) is 5.75 Å². The summed E-state index contributed by atoms with van der Waals surface area (Å²) in [4.78, 5) is 0. The zero-order chi connectivity index (χ0) is 13.7. The third-order valence-electron chi connectivity index (χ3n) is 2.84. The first-order valence-electron chi connectivity index (χ1n) is 6.05. The first-order valence-corrected chi connectivity index (χ1v) is 6.85. The van der Waals surface area contributed by atoms with Gasteiger partial charge in [-0.2, -0.15) is 0 Å². The summed E-state index contributed by atoms with van der Waals surface area (Å²) in [5, 5.41) is 10.1. The molecular formula is C15H16BrNO2. The molecule has 1 unspecified atom stereocenters. The standard InChI is InChI=1S/C15H16BrNO2/c16-13-8-4-7-12(9-17)15(13)19-10-14(18)11-5-2-1-3-6-11/h1-8,14,18H,9-10,17H2. The summed E-state index contributed by atoms with van der Waals surface area (Å²) in [6.07, 6.45) is -0.654. The summed E-state index contributed by atoms with van der Waals surface area (Å²) < 4.78 is 6.54. The van der Waals surface area contributed by atoms with Crippen LogP contribution < -0.4 is 10.5 Å². The topological polar surface area (TPSA) is 55.5 Å². The number of hydrogen-bond acceptors (Lipinski definition) is 3. The van der Waals surface area contributed by atoms with Crippen LogP contribution in [0.3, 0.4) is 0 Å². The zero-order valence-electron chi connectivity index (χ0n) is 10.4. The van der Waals surface area contributed by atoms with E-state index >= 15 is 0 Å². The molecule has 2 aromatic carbocycles. The molecule has 0 bridgehead atoms. The monoisotopic (exact) mass is 321 g/mol. The van der Waals surface area contributed by atoms with Gasteiger partial charge in [-0.1, -0.05) is 42.5 Å². The normalized spacial score (nSPS) is 12.2. The van der Waals surface area contributed by atoms with Crippen LogP contribution in [0.1, 0.15) is 17.2 Å². The van der Waals surface area contributed by atoms with Crippen LogP contribution in [-0.2, 0) is 6.54 Å². The minimum Gasteiger partial charge on any atom is -0.489 e. The molecule has 1 atom stereocenters. The van der Waals surface area contributed by atoms with Crippen LogP contribution in [0, 0.1) is 0 Å². The van der Waals surface area contributed by atoms with Crippen molar-refractivity contribution in [2.75, 3.05) is 6.61 Å². The fraction of sp³-hybridized carbons (Fsp3) is 0.200. The van der Waals surface area contributed by atoms with Gasteiger partial charge in [0, 0.05) is 12.1 Å². The summed E-state index contributed by atoms with van der Waals surface area (Å²) in [7, 11) is 0. The Balaban J connectivity index is 2.07. The van der Waals surface area contributed by atoms with Crippen molar-refractivity contribution in [3.8, 4) is 5.75 Å². The van der Waals surface area contributed by atoms with Crippen LogP contribution in [0.25, 0.3) is 0 Å². The van der Waals surface area contributed by atoms with Crippen molar-refractivity contribution in [1.29, 1.82) is 0 Å². The van der Waals surface area contributed by atoms with Crippen molar-refractivity contribution < 1.29 is 9.84 Å². The number of benzene rings is 2. The van der Waals surface area contributed by atoms with Crippen LogP contribution >= 0.6 is 15.9 Å². The predicted octanol–water partition coefficient (Wildman–Crippen LogP) is 3.02. The molecular weight excluding hydrogens is 306 g/mol. The van der Waals surface area contributed by atoms with E-state index in [0.717, 1.165) is 15.6 Å². The fourth-order valence-corrected chi connectivity index (χ4v) is 2.33. The molecule has 3 nitrogen and oxygen atoms in total. The molecule has 0 amide bonds. The Morgan fingerprint density at radius 3 is 2.53 bits per heavy atom. The van der Waals surface area contributed by atoms with Gasteiger partial charge in [-0.05, 0) is 27.6 Å². The van der Waals surface area contributed by atoms with E-state index < -0.39 is 6.10 Å². The maximum atomic E-state index is 10.1. The van der Waals surface area contributed by atoms with Crippen molar-refractivity contribution in [2.45, 2.75) is 12.6 Å². The Bertz CT molecular complexity index is 531.